The first kappa shape index (κ1) is 14.4. The second-order valence-electron chi connectivity index (χ2n) is 4.96. The van der Waals surface area contributed by atoms with Crippen molar-refractivity contribution in [1.82, 2.24) is 10.2 Å². The average molecular weight is 274 g/mol. The van der Waals surface area contributed by atoms with Gasteiger partial charge in [-0.1, -0.05) is 25.0 Å². The summed E-state index contributed by atoms with van der Waals surface area (Å²) in [7, 11) is 1.64. The van der Waals surface area contributed by atoms with Crippen molar-refractivity contribution in [1.29, 1.82) is 0 Å². The molecule has 1 saturated heterocycles. The maximum absolute atomic E-state index is 12.0. The van der Waals surface area contributed by atoms with Gasteiger partial charge in [-0.2, -0.15) is 0 Å². The predicted octanol–water partition coefficient (Wildman–Crippen LogP) is 3.25. The fourth-order valence-corrected chi connectivity index (χ4v) is 2.32. The maximum atomic E-state index is 12.0. The minimum Gasteiger partial charge on any atom is -0.497 e. The molecule has 1 aromatic rings. The first-order valence-electron chi connectivity index (χ1n) is 7.15. The lowest BCUT2D eigenvalue weighted by atomic mass is 10.2. The molecule has 1 aliphatic rings. The van der Waals surface area contributed by atoms with Crippen LogP contribution >= 0.6 is 0 Å². The van der Waals surface area contributed by atoms with E-state index in [1.54, 1.807) is 13.3 Å². The molecule has 1 aromatic carbocycles. The molecule has 20 heavy (non-hydrogen) atoms. The molecule has 4 nitrogen and oxygen atoms in total. The maximum Gasteiger partial charge on any atom is 0.321 e. The van der Waals surface area contributed by atoms with E-state index in [2.05, 4.69) is 5.32 Å². The fraction of sp³-hybridized carbons (Fsp3) is 0.438. The van der Waals surface area contributed by atoms with Gasteiger partial charge in [-0.3, -0.25) is 0 Å². The van der Waals surface area contributed by atoms with Gasteiger partial charge in [-0.15, -0.1) is 0 Å². The van der Waals surface area contributed by atoms with Crippen LogP contribution in [0.3, 0.4) is 0 Å². The largest absolute Gasteiger partial charge is 0.497 e. The van der Waals surface area contributed by atoms with Crippen molar-refractivity contribution in [3.8, 4) is 5.75 Å². The van der Waals surface area contributed by atoms with Crippen LogP contribution < -0.4 is 10.1 Å². The second-order valence-corrected chi connectivity index (χ2v) is 4.96. The quantitative estimate of drug-likeness (QED) is 0.919. The summed E-state index contributed by atoms with van der Waals surface area (Å²) in [4.78, 5) is 13.9. The normalized spacial score (nSPS) is 15.9. The average Bonchev–Trinajstić information content (AvgIpc) is 2.76. The topological polar surface area (TPSA) is 41.6 Å². The van der Waals surface area contributed by atoms with Crippen molar-refractivity contribution in [3.05, 3.63) is 36.0 Å². The third-order valence-corrected chi connectivity index (χ3v) is 3.47. The van der Waals surface area contributed by atoms with Crippen LogP contribution in [-0.4, -0.2) is 31.1 Å². The Bertz CT molecular complexity index is 463. The Morgan fingerprint density at radius 1 is 1.25 bits per heavy atom. The van der Waals surface area contributed by atoms with E-state index in [0.29, 0.717) is 0 Å². The van der Waals surface area contributed by atoms with Gasteiger partial charge in [0.15, 0.2) is 0 Å². The number of benzene rings is 1. The molecule has 1 N–H and O–H groups in total. The number of carbonyl (C=O) groups excluding carboxylic acids is 1. The Morgan fingerprint density at radius 3 is 2.70 bits per heavy atom. The van der Waals surface area contributed by atoms with E-state index in [9.17, 15) is 4.79 Å². The van der Waals surface area contributed by atoms with Crippen molar-refractivity contribution in [2.24, 2.45) is 0 Å². The number of hydrogen-bond acceptors (Lipinski definition) is 2. The first-order chi connectivity index (χ1) is 9.79. The molecule has 0 unspecified atom stereocenters. The summed E-state index contributed by atoms with van der Waals surface area (Å²) >= 11 is 0. The van der Waals surface area contributed by atoms with Gasteiger partial charge in [0.2, 0.25) is 0 Å². The highest BCUT2D eigenvalue weighted by Gasteiger charge is 2.13. The lowest BCUT2D eigenvalue weighted by Gasteiger charge is -2.19. The van der Waals surface area contributed by atoms with Gasteiger partial charge in [0.25, 0.3) is 0 Å². The summed E-state index contributed by atoms with van der Waals surface area (Å²) in [5, 5.41) is 2.83. The molecule has 1 heterocycles. The highest BCUT2D eigenvalue weighted by Crippen LogP contribution is 2.13. The lowest BCUT2D eigenvalue weighted by molar-refractivity contribution is 0.203. The van der Waals surface area contributed by atoms with Gasteiger partial charge in [-0.05, 0) is 36.6 Å². The Morgan fingerprint density at radius 2 is 2.00 bits per heavy atom. The fourth-order valence-electron chi connectivity index (χ4n) is 2.32. The SMILES string of the molecule is COc1cccc(/C=C/NC(=O)N2CCCCCC2)c1. The molecule has 0 radical (unpaired) electrons. The van der Waals surface area contributed by atoms with Crippen molar-refractivity contribution in [2.75, 3.05) is 20.2 Å². The van der Waals surface area contributed by atoms with Crippen molar-refractivity contribution in [3.63, 3.8) is 0 Å². The van der Waals surface area contributed by atoms with Crippen LogP contribution in [0.4, 0.5) is 4.79 Å². The Hall–Kier alpha value is -1.97. The minimum absolute atomic E-state index is 0.00829. The number of carbonyl (C=O) groups is 1. The van der Waals surface area contributed by atoms with E-state index in [1.807, 2.05) is 35.2 Å². The Labute approximate surface area is 120 Å². The number of nitrogens with one attached hydrogen (secondary N) is 1. The van der Waals surface area contributed by atoms with Crippen molar-refractivity contribution < 1.29 is 9.53 Å². The first-order valence-corrected chi connectivity index (χ1v) is 7.15. The van der Waals surface area contributed by atoms with E-state index in [0.717, 1.165) is 37.2 Å². The molecular formula is C16H22N2O2. The van der Waals surface area contributed by atoms with Gasteiger partial charge in [0, 0.05) is 19.3 Å². The van der Waals surface area contributed by atoms with Crippen LogP contribution in [0.15, 0.2) is 30.5 Å². The highest BCUT2D eigenvalue weighted by atomic mass is 16.5. The van der Waals surface area contributed by atoms with Crippen molar-refractivity contribution in [2.45, 2.75) is 25.7 Å². The molecule has 0 spiro atoms. The highest BCUT2D eigenvalue weighted by molar-refractivity contribution is 5.76. The van der Waals surface area contributed by atoms with Crippen molar-refractivity contribution >= 4 is 12.1 Å². The summed E-state index contributed by atoms with van der Waals surface area (Å²) in [5.74, 6) is 0.811. The lowest BCUT2D eigenvalue weighted by Crippen LogP contribution is -2.38. The van der Waals surface area contributed by atoms with Crippen LogP contribution in [0.25, 0.3) is 6.08 Å². The molecule has 2 rings (SSSR count). The number of likely N-dealkylation sites (tertiary alicyclic amines) is 1. The zero-order valence-electron chi connectivity index (χ0n) is 12.0. The molecule has 0 aliphatic carbocycles. The molecule has 0 bridgehead atoms. The predicted molar refractivity (Wildman–Crippen MR) is 80.6 cm³/mol. The summed E-state index contributed by atoms with van der Waals surface area (Å²) in [5.41, 5.74) is 1.00. The molecule has 1 fully saturated rings. The van der Waals surface area contributed by atoms with Gasteiger partial charge in [-0.25, -0.2) is 4.79 Å². The summed E-state index contributed by atoms with van der Waals surface area (Å²) in [6.07, 6.45) is 8.23. The molecule has 4 heteroatoms. The molecular weight excluding hydrogens is 252 g/mol. The third kappa shape index (κ3) is 4.30. The third-order valence-electron chi connectivity index (χ3n) is 3.47. The van der Waals surface area contributed by atoms with E-state index >= 15 is 0 Å². The number of rotatable bonds is 3. The van der Waals surface area contributed by atoms with E-state index in [-0.39, 0.29) is 6.03 Å². The summed E-state index contributed by atoms with van der Waals surface area (Å²) < 4.78 is 5.16. The van der Waals surface area contributed by atoms with E-state index in [1.165, 1.54) is 12.8 Å². The van der Waals surface area contributed by atoms with Gasteiger partial charge >= 0.3 is 6.03 Å². The molecule has 0 atom stereocenters. The zero-order valence-corrected chi connectivity index (χ0v) is 12.0. The zero-order chi connectivity index (χ0) is 14.2. The Kier molecular flexibility index (Phi) is 5.47. The molecule has 2 amide bonds. The monoisotopic (exact) mass is 274 g/mol. The smallest absolute Gasteiger partial charge is 0.321 e. The minimum atomic E-state index is -0.00829. The second kappa shape index (κ2) is 7.58. The number of nitrogens with zero attached hydrogens (tertiary/aromatic N) is 1. The molecule has 0 saturated carbocycles. The number of amides is 2. The van der Waals surface area contributed by atoms with Gasteiger partial charge in [0.05, 0.1) is 7.11 Å². The van der Waals surface area contributed by atoms with Crippen LogP contribution in [-0.2, 0) is 0 Å². The molecule has 108 valence electrons. The standard InChI is InChI=1S/C16H22N2O2/c1-20-15-8-6-7-14(13-15)9-10-17-16(19)18-11-4-2-3-5-12-18/h6-10,13H,2-5,11-12H2,1H3,(H,17,19)/b10-9+. The number of ether oxygens (including phenoxy) is 1. The van der Waals surface area contributed by atoms with Gasteiger partial charge in [0.1, 0.15) is 5.75 Å². The summed E-state index contributed by atoms with van der Waals surface area (Å²) in [6, 6.07) is 7.71. The molecule has 0 aromatic heterocycles. The van der Waals surface area contributed by atoms with Crippen LogP contribution in [0.2, 0.25) is 0 Å². The molecule has 1 aliphatic heterocycles. The number of hydrogen-bond donors (Lipinski definition) is 1. The van der Waals surface area contributed by atoms with E-state index in [4.69, 9.17) is 4.74 Å². The van der Waals surface area contributed by atoms with Crippen LogP contribution in [0.5, 0.6) is 5.75 Å². The van der Waals surface area contributed by atoms with Gasteiger partial charge < -0.3 is 15.0 Å². The number of methoxy groups -OCH3 is 1. The van der Waals surface area contributed by atoms with E-state index < -0.39 is 0 Å². The van der Waals surface area contributed by atoms with Crippen LogP contribution in [0, 0.1) is 0 Å². The van der Waals surface area contributed by atoms with Crippen LogP contribution in [0.1, 0.15) is 31.2 Å². The summed E-state index contributed by atoms with van der Waals surface area (Å²) in [6.45, 7) is 1.72. The number of urea groups is 1. The Balaban J connectivity index is 1.86.